The first-order valence-electron chi connectivity index (χ1n) is 9.93. The third kappa shape index (κ3) is 5.66. The Morgan fingerprint density at radius 3 is 2.70 bits per heavy atom. The number of allylic oxidation sites excluding steroid dienone is 1. The number of hydrogen-bond donors (Lipinski definition) is 1. The number of amides is 1. The Morgan fingerprint density at radius 1 is 1.12 bits per heavy atom. The fourth-order valence-electron chi connectivity index (χ4n) is 3.00. The van der Waals surface area contributed by atoms with E-state index in [2.05, 4.69) is 16.4 Å². The molecule has 1 N–H and O–H groups in total. The largest absolute Gasteiger partial charge is 0.493 e. The molecule has 0 fully saturated rings. The molecule has 164 valence electrons. The number of rotatable bonds is 8. The zero-order valence-corrected chi connectivity index (χ0v) is 19.3. The molecular formula is C25H19N3O3S2. The van der Waals surface area contributed by atoms with Crippen LogP contribution in [-0.2, 0) is 4.79 Å². The monoisotopic (exact) mass is 473 g/mol. The van der Waals surface area contributed by atoms with Crippen molar-refractivity contribution in [3.63, 3.8) is 0 Å². The van der Waals surface area contributed by atoms with Gasteiger partial charge in [0.1, 0.15) is 11.1 Å². The van der Waals surface area contributed by atoms with E-state index in [1.54, 1.807) is 47.7 Å². The molecule has 0 saturated heterocycles. The van der Waals surface area contributed by atoms with Crippen LogP contribution in [0.4, 0.5) is 5.69 Å². The van der Waals surface area contributed by atoms with Crippen LogP contribution < -0.4 is 14.8 Å². The molecule has 0 unspecified atom stereocenters. The van der Waals surface area contributed by atoms with Crippen molar-refractivity contribution in [2.45, 2.75) is 0 Å². The highest BCUT2D eigenvalue weighted by molar-refractivity contribution is 7.14. The lowest BCUT2D eigenvalue weighted by Crippen LogP contribution is -2.20. The highest BCUT2D eigenvalue weighted by Crippen LogP contribution is 2.32. The van der Waals surface area contributed by atoms with E-state index >= 15 is 0 Å². The molecule has 0 atom stereocenters. The molecule has 0 aliphatic rings. The molecule has 0 aliphatic heterocycles. The summed E-state index contributed by atoms with van der Waals surface area (Å²) in [7, 11) is 1.53. The summed E-state index contributed by atoms with van der Waals surface area (Å²) >= 11 is 3.04. The topological polar surface area (TPSA) is 84.2 Å². The second-order valence-corrected chi connectivity index (χ2v) is 8.60. The van der Waals surface area contributed by atoms with Gasteiger partial charge in [0.15, 0.2) is 18.1 Å². The Labute approximate surface area is 199 Å². The molecule has 4 rings (SSSR count). The molecule has 0 aliphatic carbocycles. The molecule has 4 aromatic rings. The van der Waals surface area contributed by atoms with Crippen LogP contribution in [0.25, 0.3) is 22.2 Å². The van der Waals surface area contributed by atoms with Gasteiger partial charge in [-0.05, 0) is 47.4 Å². The molecule has 0 spiro atoms. The average Bonchev–Trinajstić information content (AvgIpc) is 3.54. The molecule has 0 saturated carbocycles. The number of benzene rings is 2. The average molecular weight is 474 g/mol. The maximum Gasteiger partial charge on any atom is 0.262 e. The summed E-state index contributed by atoms with van der Waals surface area (Å²) in [4.78, 5) is 17.8. The van der Waals surface area contributed by atoms with Gasteiger partial charge in [0.05, 0.1) is 23.3 Å². The lowest BCUT2D eigenvalue weighted by molar-refractivity contribution is -0.118. The first kappa shape index (κ1) is 22.3. The number of carbonyl (C=O) groups is 1. The van der Waals surface area contributed by atoms with Gasteiger partial charge in [-0.3, -0.25) is 4.79 Å². The van der Waals surface area contributed by atoms with Crippen molar-refractivity contribution in [3.8, 4) is 28.1 Å². The highest BCUT2D eigenvalue weighted by Gasteiger charge is 2.12. The summed E-state index contributed by atoms with van der Waals surface area (Å²) in [6, 6.07) is 20.7. The zero-order chi connectivity index (χ0) is 23.0. The number of para-hydroxylation sites is 1. The molecule has 6 nitrogen and oxygen atoms in total. The second-order valence-electron chi connectivity index (χ2n) is 6.80. The Kier molecular flexibility index (Phi) is 7.15. The number of methoxy groups -OCH3 is 1. The standard InChI is InChI=1S/C25H19N3O3S2/c1-30-22-13-17(9-10-21(22)31-15-24(29)27-19-6-3-2-4-7-19)12-18(14-26)25-28-20(16-33-25)23-8-5-11-32-23/h2-13,16H,15H2,1H3,(H,27,29)/b18-12+. The summed E-state index contributed by atoms with van der Waals surface area (Å²) in [5.41, 5.74) is 2.78. The van der Waals surface area contributed by atoms with Crippen molar-refractivity contribution >= 4 is 45.9 Å². The quantitative estimate of drug-likeness (QED) is 0.319. The van der Waals surface area contributed by atoms with Crippen molar-refractivity contribution in [1.29, 1.82) is 5.26 Å². The van der Waals surface area contributed by atoms with Gasteiger partial charge >= 0.3 is 0 Å². The van der Waals surface area contributed by atoms with E-state index in [1.165, 1.54) is 18.4 Å². The number of hydrogen-bond acceptors (Lipinski definition) is 7. The maximum absolute atomic E-state index is 12.2. The van der Waals surface area contributed by atoms with Crippen LogP contribution in [0, 0.1) is 11.3 Å². The number of ether oxygens (including phenoxy) is 2. The zero-order valence-electron chi connectivity index (χ0n) is 17.6. The van der Waals surface area contributed by atoms with Crippen LogP contribution >= 0.6 is 22.7 Å². The Morgan fingerprint density at radius 2 is 1.97 bits per heavy atom. The Bertz CT molecular complexity index is 1310. The van der Waals surface area contributed by atoms with E-state index < -0.39 is 0 Å². The number of thiazole rings is 1. The fraction of sp³-hybridized carbons (Fsp3) is 0.0800. The summed E-state index contributed by atoms with van der Waals surface area (Å²) in [6.45, 7) is -0.158. The molecular weight excluding hydrogens is 454 g/mol. The van der Waals surface area contributed by atoms with Crippen LogP contribution in [0.1, 0.15) is 10.6 Å². The van der Waals surface area contributed by atoms with Gasteiger partial charge in [-0.25, -0.2) is 4.98 Å². The molecule has 33 heavy (non-hydrogen) atoms. The van der Waals surface area contributed by atoms with E-state index in [0.29, 0.717) is 27.8 Å². The first-order valence-corrected chi connectivity index (χ1v) is 11.7. The van der Waals surface area contributed by atoms with Crippen molar-refractivity contribution < 1.29 is 14.3 Å². The molecule has 2 aromatic carbocycles. The summed E-state index contributed by atoms with van der Waals surface area (Å²) < 4.78 is 11.1. The summed E-state index contributed by atoms with van der Waals surface area (Å²) in [5.74, 6) is 0.627. The third-order valence-electron chi connectivity index (χ3n) is 4.54. The summed E-state index contributed by atoms with van der Waals surface area (Å²) in [6.07, 6.45) is 1.76. The van der Waals surface area contributed by atoms with Crippen molar-refractivity contribution in [1.82, 2.24) is 4.98 Å². The highest BCUT2D eigenvalue weighted by atomic mass is 32.1. The van der Waals surface area contributed by atoms with Crippen molar-refractivity contribution in [2.24, 2.45) is 0 Å². The van der Waals surface area contributed by atoms with Gasteiger partial charge < -0.3 is 14.8 Å². The minimum atomic E-state index is -0.274. The van der Waals surface area contributed by atoms with Crippen LogP contribution in [0.2, 0.25) is 0 Å². The number of anilines is 1. The summed E-state index contributed by atoms with van der Waals surface area (Å²) in [5, 5.41) is 17.0. The van der Waals surface area contributed by atoms with Gasteiger partial charge in [-0.15, -0.1) is 22.7 Å². The lowest BCUT2D eigenvalue weighted by Gasteiger charge is -2.11. The number of nitrogens with one attached hydrogen (secondary N) is 1. The van der Waals surface area contributed by atoms with Gasteiger partial charge in [0.2, 0.25) is 0 Å². The van der Waals surface area contributed by atoms with Gasteiger partial charge in [0.25, 0.3) is 5.91 Å². The molecule has 2 heterocycles. The van der Waals surface area contributed by atoms with E-state index in [1.807, 2.05) is 41.1 Å². The van der Waals surface area contributed by atoms with Crippen LogP contribution in [0.5, 0.6) is 11.5 Å². The number of carbonyl (C=O) groups excluding carboxylic acids is 1. The minimum absolute atomic E-state index is 0.158. The van der Waals surface area contributed by atoms with E-state index in [0.717, 1.165) is 16.1 Å². The van der Waals surface area contributed by atoms with Crippen LogP contribution in [0.3, 0.4) is 0 Å². The van der Waals surface area contributed by atoms with E-state index in [-0.39, 0.29) is 12.5 Å². The second kappa shape index (κ2) is 10.6. The Hall–Kier alpha value is -3.93. The predicted octanol–water partition coefficient (Wildman–Crippen LogP) is 5.96. The number of nitriles is 1. The van der Waals surface area contributed by atoms with Crippen molar-refractivity contribution in [3.05, 3.63) is 82.0 Å². The van der Waals surface area contributed by atoms with E-state index in [9.17, 15) is 10.1 Å². The fourth-order valence-corrected chi connectivity index (χ4v) is 4.54. The smallest absolute Gasteiger partial charge is 0.262 e. The van der Waals surface area contributed by atoms with Gasteiger partial charge in [-0.2, -0.15) is 5.26 Å². The van der Waals surface area contributed by atoms with Crippen LogP contribution in [-0.4, -0.2) is 24.6 Å². The minimum Gasteiger partial charge on any atom is -0.493 e. The van der Waals surface area contributed by atoms with Gasteiger partial charge in [0, 0.05) is 11.1 Å². The third-order valence-corrected chi connectivity index (χ3v) is 6.31. The maximum atomic E-state index is 12.2. The molecule has 0 radical (unpaired) electrons. The normalized spacial score (nSPS) is 11.0. The number of thiophene rings is 1. The van der Waals surface area contributed by atoms with Crippen molar-refractivity contribution in [2.75, 3.05) is 19.0 Å². The van der Waals surface area contributed by atoms with Crippen LogP contribution in [0.15, 0.2) is 71.4 Å². The molecule has 1 amide bonds. The Balaban J connectivity index is 1.47. The molecule has 2 aromatic heterocycles. The molecule has 0 bridgehead atoms. The number of nitrogens with zero attached hydrogens (tertiary/aromatic N) is 2. The SMILES string of the molecule is COc1cc(/C=C(\C#N)c2nc(-c3cccs3)cs2)ccc1OCC(=O)Nc1ccccc1. The number of aromatic nitrogens is 1. The van der Waals surface area contributed by atoms with E-state index in [4.69, 9.17) is 9.47 Å². The van der Waals surface area contributed by atoms with Gasteiger partial charge in [-0.1, -0.05) is 30.3 Å². The first-order chi connectivity index (χ1) is 16.2. The molecule has 8 heteroatoms. The predicted molar refractivity (Wildman–Crippen MR) is 132 cm³/mol. The lowest BCUT2D eigenvalue weighted by atomic mass is 10.1.